The number of thiol groups is 1. The number of aryl methyl sites for hydroxylation is 1. The molecule has 8 heteroatoms. The van der Waals surface area contributed by atoms with Crippen LogP contribution in [0.2, 0.25) is 0 Å². The third-order valence-electron chi connectivity index (χ3n) is 1.63. The van der Waals surface area contributed by atoms with Gasteiger partial charge in [0.2, 0.25) is 10.9 Å². The number of hydrogen-bond donors (Lipinski definition) is 2. The molecule has 0 spiro atoms. The summed E-state index contributed by atoms with van der Waals surface area (Å²) in [6, 6.07) is 3.91. The van der Waals surface area contributed by atoms with Gasteiger partial charge in [0, 0.05) is 41.7 Å². The molecular formula is C7H8N2NaO4S. The maximum absolute atomic E-state index is 10.4. The van der Waals surface area contributed by atoms with Crippen molar-refractivity contribution in [2.75, 3.05) is 4.72 Å². The van der Waals surface area contributed by atoms with E-state index in [1.165, 1.54) is 18.2 Å². The second-order valence-corrected chi connectivity index (χ2v) is 3.36. The first-order valence-electron chi connectivity index (χ1n) is 3.67. The molecule has 1 N–H and O–H groups in total. The Hall–Kier alpha value is -0.630. The monoisotopic (exact) mass is 239 g/mol. The second kappa shape index (κ2) is 6.06. The minimum atomic E-state index is -2.74. The van der Waals surface area contributed by atoms with Crippen LogP contribution in [0.4, 0.5) is 11.4 Å². The molecule has 0 saturated heterocycles. The average molecular weight is 239 g/mol. The van der Waals surface area contributed by atoms with Crippen LogP contribution in [0.3, 0.4) is 0 Å². The maximum atomic E-state index is 10.4. The van der Waals surface area contributed by atoms with Crippen LogP contribution in [-0.4, -0.2) is 42.9 Å². The number of nitro benzene ring substituents is 1. The van der Waals surface area contributed by atoms with Crippen molar-refractivity contribution >= 4 is 51.8 Å². The van der Waals surface area contributed by atoms with Gasteiger partial charge in [-0.1, -0.05) is 0 Å². The van der Waals surface area contributed by atoms with Crippen LogP contribution >= 0.6 is 0 Å². The molecule has 6 nitrogen and oxygen atoms in total. The van der Waals surface area contributed by atoms with Gasteiger partial charge >= 0.3 is 0 Å². The zero-order chi connectivity index (χ0) is 10.7. The molecule has 0 amide bonds. The van der Waals surface area contributed by atoms with Gasteiger partial charge in [0.05, 0.1) is 10.6 Å². The van der Waals surface area contributed by atoms with Crippen molar-refractivity contribution in [1.82, 2.24) is 0 Å². The number of rotatable bonds is 3. The van der Waals surface area contributed by atoms with E-state index in [2.05, 4.69) is 4.72 Å². The van der Waals surface area contributed by atoms with E-state index < -0.39 is 15.8 Å². The van der Waals surface area contributed by atoms with Gasteiger partial charge < -0.3 is 0 Å². The predicted octanol–water partition coefficient (Wildman–Crippen LogP) is 0.461. The van der Waals surface area contributed by atoms with Crippen molar-refractivity contribution in [2.45, 2.75) is 6.92 Å². The molecule has 15 heavy (non-hydrogen) atoms. The van der Waals surface area contributed by atoms with Crippen molar-refractivity contribution in [3.8, 4) is 0 Å². The molecule has 0 unspecified atom stereocenters. The summed E-state index contributed by atoms with van der Waals surface area (Å²) in [5.74, 6) is 0. The van der Waals surface area contributed by atoms with E-state index in [9.17, 15) is 18.5 Å². The smallest absolute Gasteiger partial charge is 0.269 e. The second-order valence-electron chi connectivity index (χ2n) is 2.63. The van der Waals surface area contributed by atoms with Crippen LogP contribution in [0.15, 0.2) is 18.2 Å². The summed E-state index contributed by atoms with van der Waals surface area (Å²) in [6.07, 6.45) is 0. The normalized spacial score (nSPS) is 9.47. The zero-order valence-electron chi connectivity index (χ0n) is 8.26. The minimum absolute atomic E-state index is 0. The number of nitrogens with zero attached hydrogens (tertiary/aromatic N) is 1. The Morgan fingerprint density at radius 3 is 2.40 bits per heavy atom. The molecule has 1 aromatic rings. The van der Waals surface area contributed by atoms with Crippen molar-refractivity contribution in [1.29, 1.82) is 0 Å². The molecule has 0 aromatic heterocycles. The molecule has 1 aromatic carbocycles. The quantitative estimate of drug-likeness (QED) is 0.347. The van der Waals surface area contributed by atoms with Crippen molar-refractivity contribution in [2.24, 2.45) is 0 Å². The molecule has 0 bridgehead atoms. The van der Waals surface area contributed by atoms with Crippen molar-refractivity contribution in [3.05, 3.63) is 33.9 Å². The summed E-state index contributed by atoms with van der Waals surface area (Å²) in [5, 5.41) is 10.4. The van der Waals surface area contributed by atoms with E-state index in [1.807, 2.05) is 0 Å². The molecule has 0 aliphatic carbocycles. The summed E-state index contributed by atoms with van der Waals surface area (Å²) in [7, 11) is -2.74. The van der Waals surface area contributed by atoms with E-state index in [1.54, 1.807) is 6.92 Å². The van der Waals surface area contributed by atoms with Crippen LogP contribution in [-0.2, 0) is 10.9 Å². The van der Waals surface area contributed by atoms with Crippen molar-refractivity contribution in [3.63, 3.8) is 0 Å². The Bertz CT molecular complexity index is 439. The number of nitrogens with one attached hydrogen (secondary N) is 1. The summed E-state index contributed by atoms with van der Waals surface area (Å²) in [4.78, 5) is 9.82. The van der Waals surface area contributed by atoms with Crippen LogP contribution in [0.25, 0.3) is 0 Å². The van der Waals surface area contributed by atoms with E-state index in [0.717, 1.165) is 0 Å². The van der Waals surface area contributed by atoms with Crippen LogP contribution in [0.5, 0.6) is 0 Å². The van der Waals surface area contributed by atoms with Crippen LogP contribution in [0.1, 0.15) is 5.56 Å². The van der Waals surface area contributed by atoms with Gasteiger partial charge in [-0.3, -0.25) is 14.8 Å². The fourth-order valence-electron chi connectivity index (χ4n) is 0.985. The number of non-ortho nitro benzene ring substituents is 1. The molecule has 0 aliphatic heterocycles. The minimum Gasteiger partial charge on any atom is -0.285 e. The van der Waals surface area contributed by atoms with Gasteiger partial charge in [-0.25, -0.2) is 8.42 Å². The Morgan fingerprint density at radius 2 is 2.00 bits per heavy atom. The van der Waals surface area contributed by atoms with Crippen LogP contribution < -0.4 is 4.72 Å². The molecule has 0 heterocycles. The van der Waals surface area contributed by atoms with Gasteiger partial charge in [-0.2, -0.15) is 0 Å². The fraction of sp³-hybridized carbons (Fsp3) is 0.143. The Balaban J connectivity index is 0.00000196. The predicted molar refractivity (Wildman–Crippen MR) is 57.5 cm³/mol. The van der Waals surface area contributed by atoms with E-state index in [-0.39, 0.29) is 35.2 Å². The Labute approximate surface area is 110 Å². The summed E-state index contributed by atoms with van der Waals surface area (Å²) >= 11 is 0. The third kappa shape index (κ3) is 4.17. The van der Waals surface area contributed by atoms with E-state index in [0.29, 0.717) is 11.3 Å². The van der Waals surface area contributed by atoms with Gasteiger partial charge in [0.1, 0.15) is 0 Å². The number of benzene rings is 1. The standard InChI is InChI=1S/C7H8N2O4S.Na/c1-5-4-6(9(10)11)2-3-7(5)8-14(12)13;/h2-4,14H,1H3,(H,8,12,13);. The number of anilines is 1. The number of hydrogen-bond acceptors (Lipinski definition) is 4. The maximum Gasteiger partial charge on any atom is 0.269 e. The van der Waals surface area contributed by atoms with Gasteiger partial charge in [0.15, 0.2) is 0 Å². The van der Waals surface area contributed by atoms with Gasteiger partial charge in [-0.05, 0) is 18.6 Å². The first-order chi connectivity index (χ1) is 6.50. The van der Waals surface area contributed by atoms with E-state index >= 15 is 0 Å². The molecule has 77 valence electrons. The summed E-state index contributed by atoms with van der Waals surface area (Å²) in [6.45, 7) is 1.59. The Morgan fingerprint density at radius 1 is 1.40 bits per heavy atom. The molecule has 0 atom stereocenters. The van der Waals surface area contributed by atoms with Gasteiger partial charge in [0.25, 0.3) is 5.69 Å². The zero-order valence-corrected chi connectivity index (χ0v) is 11.2. The van der Waals surface area contributed by atoms with E-state index in [4.69, 9.17) is 0 Å². The fourth-order valence-corrected chi connectivity index (χ4v) is 1.43. The topological polar surface area (TPSA) is 89.3 Å². The average Bonchev–Trinajstić information content (AvgIpc) is 2.07. The molecule has 1 radical (unpaired) electrons. The Kier molecular flexibility index (Phi) is 5.81. The first-order valence-corrected chi connectivity index (χ1v) is 4.84. The van der Waals surface area contributed by atoms with Crippen LogP contribution in [0, 0.1) is 17.0 Å². The van der Waals surface area contributed by atoms with Crippen molar-refractivity contribution < 1.29 is 13.3 Å². The largest absolute Gasteiger partial charge is 0.285 e. The molecule has 0 aliphatic rings. The molecule has 0 fully saturated rings. The number of nitro groups is 1. The molecule has 0 saturated carbocycles. The summed E-state index contributed by atoms with van der Waals surface area (Å²) < 4.78 is 22.8. The summed E-state index contributed by atoms with van der Waals surface area (Å²) in [5.41, 5.74) is 0.805. The van der Waals surface area contributed by atoms with Gasteiger partial charge in [-0.15, -0.1) is 0 Å². The SMILES string of the molecule is Cc1cc([N+](=O)[O-])ccc1N[SH](=O)=O.[Na]. The third-order valence-corrected chi connectivity index (χ3v) is 2.06. The molecular weight excluding hydrogens is 231 g/mol. The molecule has 1 rings (SSSR count). The first kappa shape index (κ1) is 14.4.